The lowest BCUT2D eigenvalue weighted by atomic mass is 10.1. The van der Waals surface area contributed by atoms with Crippen molar-refractivity contribution in [3.63, 3.8) is 0 Å². The minimum absolute atomic E-state index is 0.104. The molecule has 7 heteroatoms. The predicted octanol–water partition coefficient (Wildman–Crippen LogP) is 3.50. The lowest BCUT2D eigenvalue weighted by molar-refractivity contribution is -0.117. The zero-order valence-corrected chi connectivity index (χ0v) is 17.1. The maximum absolute atomic E-state index is 12.2. The summed E-state index contributed by atoms with van der Waals surface area (Å²) < 4.78 is 8.36. The van der Waals surface area contributed by atoms with Crippen LogP contribution in [0.25, 0.3) is 6.08 Å². The normalized spacial score (nSPS) is 14.0. The first-order chi connectivity index (χ1) is 12.9. The summed E-state index contributed by atoms with van der Waals surface area (Å²) in [7, 11) is 1.62. The lowest BCUT2D eigenvalue weighted by Crippen LogP contribution is -2.26. The van der Waals surface area contributed by atoms with Crippen molar-refractivity contribution in [2.75, 3.05) is 7.11 Å². The molecule has 1 fully saturated rings. The van der Waals surface area contributed by atoms with Crippen molar-refractivity contribution in [1.29, 1.82) is 5.26 Å². The van der Waals surface area contributed by atoms with E-state index < -0.39 is 0 Å². The van der Waals surface area contributed by atoms with Gasteiger partial charge < -0.3 is 10.1 Å². The van der Waals surface area contributed by atoms with Crippen LogP contribution in [0.3, 0.4) is 0 Å². The Balaban J connectivity index is 1.90. The third-order valence-electron chi connectivity index (χ3n) is 4.51. The molecule has 1 heterocycles. The molecule has 2 aromatic rings. The Morgan fingerprint density at radius 2 is 2.22 bits per heavy atom. The van der Waals surface area contributed by atoms with Crippen LogP contribution in [0.1, 0.15) is 35.4 Å². The minimum atomic E-state index is -0.320. The molecular formula is C20H21BrN4O2. The maximum Gasteiger partial charge on any atom is 0.262 e. The third kappa shape index (κ3) is 4.40. The number of hydrogen-bond acceptors (Lipinski definition) is 4. The topological polar surface area (TPSA) is 79.9 Å². The summed E-state index contributed by atoms with van der Waals surface area (Å²) in [4.78, 5) is 12.2. The van der Waals surface area contributed by atoms with E-state index in [0.29, 0.717) is 6.54 Å². The van der Waals surface area contributed by atoms with Crippen LogP contribution in [0.2, 0.25) is 0 Å². The van der Waals surface area contributed by atoms with Crippen molar-refractivity contribution in [1.82, 2.24) is 15.1 Å². The van der Waals surface area contributed by atoms with Gasteiger partial charge in [-0.2, -0.15) is 10.4 Å². The Bertz CT molecular complexity index is 952. The number of nitrogens with zero attached hydrogens (tertiary/aromatic N) is 3. The Labute approximate surface area is 166 Å². The SMILES string of the molecule is COc1ccc(/C=C(\C#N)C(=O)NC2CC2)cc1Cn1nc(C)c(Br)c1C. The molecule has 6 nitrogen and oxygen atoms in total. The van der Waals surface area contributed by atoms with Crippen molar-refractivity contribution in [3.05, 3.63) is 50.8 Å². The zero-order chi connectivity index (χ0) is 19.6. The summed E-state index contributed by atoms with van der Waals surface area (Å²) in [5, 5.41) is 16.7. The molecule has 1 aliphatic carbocycles. The Morgan fingerprint density at radius 3 is 2.78 bits per heavy atom. The van der Waals surface area contributed by atoms with Crippen LogP contribution >= 0.6 is 15.9 Å². The summed E-state index contributed by atoms with van der Waals surface area (Å²) in [6.07, 6.45) is 3.57. The smallest absolute Gasteiger partial charge is 0.262 e. The molecule has 1 aliphatic rings. The number of hydrogen-bond donors (Lipinski definition) is 1. The molecule has 0 spiro atoms. The fourth-order valence-electron chi connectivity index (χ4n) is 2.81. The van der Waals surface area contributed by atoms with Crippen LogP contribution in [0, 0.1) is 25.2 Å². The Hall–Kier alpha value is -2.59. The number of carbonyl (C=O) groups is 1. The van der Waals surface area contributed by atoms with Gasteiger partial charge in [0, 0.05) is 11.6 Å². The number of ether oxygens (including phenoxy) is 1. The number of aromatic nitrogens is 2. The number of amides is 1. The Morgan fingerprint density at radius 1 is 1.48 bits per heavy atom. The van der Waals surface area contributed by atoms with Crippen molar-refractivity contribution in [3.8, 4) is 11.8 Å². The first kappa shape index (κ1) is 19.2. The van der Waals surface area contributed by atoms with Crippen LogP contribution in [-0.2, 0) is 11.3 Å². The summed E-state index contributed by atoms with van der Waals surface area (Å²) in [6.45, 7) is 4.47. The third-order valence-corrected chi connectivity index (χ3v) is 5.65. The Kier molecular flexibility index (Phi) is 5.66. The van der Waals surface area contributed by atoms with Gasteiger partial charge in [0.05, 0.1) is 29.5 Å². The number of halogens is 1. The van der Waals surface area contributed by atoms with E-state index in [1.807, 2.05) is 42.8 Å². The van der Waals surface area contributed by atoms with Gasteiger partial charge in [0.15, 0.2) is 0 Å². The second-order valence-corrected chi connectivity index (χ2v) is 7.42. The second-order valence-electron chi connectivity index (χ2n) is 6.63. The number of nitriles is 1. The molecule has 0 radical (unpaired) electrons. The molecule has 140 valence electrons. The summed E-state index contributed by atoms with van der Waals surface area (Å²) in [6, 6.07) is 7.81. The van der Waals surface area contributed by atoms with E-state index in [4.69, 9.17) is 4.74 Å². The molecule has 1 saturated carbocycles. The molecule has 1 aromatic heterocycles. The maximum atomic E-state index is 12.2. The molecule has 0 aliphatic heterocycles. The summed E-state index contributed by atoms with van der Waals surface area (Å²) >= 11 is 3.54. The van der Waals surface area contributed by atoms with E-state index in [1.165, 1.54) is 0 Å². The van der Waals surface area contributed by atoms with Crippen LogP contribution in [0.15, 0.2) is 28.2 Å². The largest absolute Gasteiger partial charge is 0.496 e. The minimum Gasteiger partial charge on any atom is -0.496 e. The van der Waals surface area contributed by atoms with Crippen LogP contribution < -0.4 is 10.1 Å². The van der Waals surface area contributed by atoms with Gasteiger partial charge in [0.25, 0.3) is 5.91 Å². The van der Waals surface area contributed by atoms with Crippen molar-refractivity contribution in [2.45, 2.75) is 39.3 Å². The van der Waals surface area contributed by atoms with Gasteiger partial charge in [0.2, 0.25) is 0 Å². The standard InChI is InChI=1S/C20H21BrN4O2/c1-12-19(21)13(2)25(24-12)11-16-9-14(4-7-18(16)27-3)8-15(10-22)20(26)23-17-5-6-17/h4,7-9,17H,5-6,11H2,1-3H3,(H,23,26)/b15-8+. The molecular weight excluding hydrogens is 408 g/mol. The number of rotatable bonds is 6. The molecule has 0 unspecified atom stereocenters. The first-order valence-corrected chi connectivity index (χ1v) is 9.51. The van der Waals surface area contributed by atoms with E-state index >= 15 is 0 Å². The second kappa shape index (κ2) is 7.97. The number of benzene rings is 1. The summed E-state index contributed by atoms with van der Waals surface area (Å²) in [5.41, 5.74) is 3.74. The van der Waals surface area contributed by atoms with Crippen molar-refractivity contribution in [2.24, 2.45) is 0 Å². The van der Waals surface area contributed by atoms with Crippen LogP contribution in [0.5, 0.6) is 5.75 Å². The van der Waals surface area contributed by atoms with Crippen LogP contribution in [-0.4, -0.2) is 28.8 Å². The summed E-state index contributed by atoms with van der Waals surface area (Å²) in [5.74, 6) is 0.414. The molecule has 1 N–H and O–H groups in total. The van der Waals surface area contributed by atoms with Gasteiger partial charge in [0.1, 0.15) is 17.4 Å². The fourth-order valence-corrected chi connectivity index (χ4v) is 3.09. The van der Waals surface area contributed by atoms with Gasteiger partial charge in [-0.25, -0.2) is 0 Å². The lowest BCUT2D eigenvalue weighted by Gasteiger charge is -2.11. The average Bonchev–Trinajstić information content (AvgIpc) is 3.44. The fraction of sp³-hybridized carbons (Fsp3) is 0.350. The molecule has 27 heavy (non-hydrogen) atoms. The number of methoxy groups -OCH3 is 1. The highest BCUT2D eigenvalue weighted by atomic mass is 79.9. The van der Waals surface area contributed by atoms with E-state index in [1.54, 1.807) is 13.2 Å². The van der Waals surface area contributed by atoms with Crippen molar-refractivity contribution >= 4 is 27.9 Å². The highest BCUT2D eigenvalue weighted by Gasteiger charge is 2.24. The first-order valence-electron chi connectivity index (χ1n) is 8.72. The van der Waals surface area contributed by atoms with Gasteiger partial charge in [-0.05, 0) is 66.4 Å². The number of nitrogens with one attached hydrogen (secondary N) is 1. The quantitative estimate of drug-likeness (QED) is 0.563. The zero-order valence-electron chi connectivity index (χ0n) is 15.5. The van der Waals surface area contributed by atoms with Gasteiger partial charge >= 0.3 is 0 Å². The van der Waals surface area contributed by atoms with Gasteiger partial charge in [-0.1, -0.05) is 6.07 Å². The average molecular weight is 429 g/mol. The van der Waals surface area contributed by atoms with E-state index in [2.05, 4.69) is 26.3 Å². The predicted molar refractivity (Wildman–Crippen MR) is 106 cm³/mol. The number of carbonyl (C=O) groups excluding carboxylic acids is 1. The van der Waals surface area contributed by atoms with E-state index in [0.717, 1.165) is 45.6 Å². The van der Waals surface area contributed by atoms with Gasteiger partial charge in [-0.3, -0.25) is 9.48 Å². The molecule has 3 rings (SSSR count). The van der Waals surface area contributed by atoms with E-state index in [-0.39, 0.29) is 17.5 Å². The van der Waals surface area contributed by atoms with Gasteiger partial charge in [-0.15, -0.1) is 0 Å². The highest BCUT2D eigenvalue weighted by Crippen LogP contribution is 2.26. The number of aryl methyl sites for hydroxylation is 1. The monoisotopic (exact) mass is 428 g/mol. The molecule has 1 amide bonds. The van der Waals surface area contributed by atoms with E-state index in [9.17, 15) is 10.1 Å². The molecule has 0 saturated heterocycles. The molecule has 0 atom stereocenters. The van der Waals surface area contributed by atoms with Crippen LogP contribution in [0.4, 0.5) is 0 Å². The molecule has 1 aromatic carbocycles. The van der Waals surface area contributed by atoms with Crippen molar-refractivity contribution < 1.29 is 9.53 Å². The highest BCUT2D eigenvalue weighted by molar-refractivity contribution is 9.10. The molecule has 0 bridgehead atoms.